The molecular formula is C28H42N6O4. The Bertz CT molecular complexity index is 987. The van der Waals surface area contributed by atoms with E-state index in [1.54, 1.807) is 0 Å². The lowest BCUT2D eigenvalue weighted by atomic mass is 9.84. The van der Waals surface area contributed by atoms with Crippen molar-refractivity contribution >= 4 is 23.8 Å². The van der Waals surface area contributed by atoms with Gasteiger partial charge in [0.15, 0.2) is 0 Å². The Morgan fingerprint density at radius 1 is 0.947 bits per heavy atom. The highest BCUT2D eigenvalue weighted by molar-refractivity contribution is 5.72. The first-order valence-corrected chi connectivity index (χ1v) is 14.8. The van der Waals surface area contributed by atoms with Crippen molar-refractivity contribution in [3.63, 3.8) is 0 Å². The predicted octanol–water partition coefficient (Wildman–Crippen LogP) is 3.06. The number of carbonyl (C=O) groups excluding carboxylic acids is 2. The highest BCUT2D eigenvalue weighted by Gasteiger charge is 2.51. The van der Waals surface area contributed by atoms with Gasteiger partial charge in [-0.3, -0.25) is 14.6 Å². The Morgan fingerprint density at radius 3 is 2.42 bits per heavy atom. The first-order chi connectivity index (χ1) is 18.6. The third-order valence-electron chi connectivity index (χ3n) is 9.38. The van der Waals surface area contributed by atoms with Gasteiger partial charge in [0.2, 0.25) is 5.95 Å². The lowest BCUT2D eigenvalue weighted by Crippen LogP contribution is -2.56. The summed E-state index contributed by atoms with van der Waals surface area (Å²) in [5.74, 6) is 1.77. The average molecular weight is 527 g/mol. The van der Waals surface area contributed by atoms with E-state index in [2.05, 4.69) is 24.6 Å². The fraction of sp³-hybridized carbons (Fsp3) is 0.786. The van der Waals surface area contributed by atoms with Crippen LogP contribution in [0.3, 0.4) is 0 Å². The Hall–Kier alpha value is -2.62. The van der Waals surface area contributed by atoms with E-state index in [1.807, 2.05) is 19.2 Å². The summed E-state index contributed by atoms with van der Waals surface area (Å²) in [5, 5.41) is 0. The molecular weight excluding hydrogens is 484 g/mol. The predicted molar refractivity (Wildman–Crippen MR) is 143 cm³/mol. The molecule has 0 radical (unpaired) electrons. The van der Waals surface area contributed by atoms with E-state index in [-0.39, 0.29) is 42.2 Å². The van der Waals surface area contributed by atoms with Crippen LogP contribution in [0.15, 0.2) is 12.3 Å². The third kappa shape index (κ3) is 5.03. The monoisotopic (exact) mass is 526 g/mol. The Kier molecular flexibility index (Phi) is 7.59. The van der Waals surface area contributed by atoms with Crippen molar-refractivity contribution in [2.24, 2.45) is 5.92 Å². The van der Waals surface area contributed by atoms with Gasteiger partial charge in [-0.25, -0.2) is 9.78 Å². The molecule has 38 heavy (non-hydrogen) atoms. The minimum absolute atomic E-state index is 0.000264. The van der Waals surface area contributed by atoms with Crippen molar-refractivity contribution < 1.29 is 19.1 Å². The van der Waals surface area contributed by atoms with Gasteiger partial charge in [0, 0.05) is 44.5 Å². The van der Waals surface area contributed by atoms with E-state index in [0.717, 1.165) is 96.0 Å². The van der Waals surface area contributed by atoms with Crippen molar-refractivity contribution in [2.75, 3.05) is 55.7 Å². The highest BCUT2D eigenvalue weighted by Crippen LogP contribution is 2.39. The maximum absolute atomic E-state index is 13.2. The quantitative estimate of drug-likeness (QED) is 0.519. The Balaban J connectivity index is 1.06. The van der Waals surface area contributed by atoms with Crippen LogP contribution < -0.4 is 9.80 Å². The molecule has 0 bridgehead atoms. The average Bonchev–Trinajstić information content (AvgIpc) is 3.61. The van der Waals surface area contributed by atoms with Crippen LogP contribution in [0.1, 0.15) is 64.7 Å². The van der Waals surface area contributed by atoms with Crippen LogP contribution in [-0.4, -0.2) is 102 Å². The Labute approximate surface area is 225 Å². The summed E-state index contributed by atoms with van der Waals surface area (Å²) < 4.78 is 11.4. The number of anilines is 2. The number of carbonyl (C=O) groups is 2. The first-order valence-electron chi connectivity index (χ1n) is 14.8. The molecule has 1 aromatic rings. The lowest BCUT2D eigenvalue weighted by molar-refractivity contribution is -0.150. The smallest absolute Gasteiger partial charge is 0.410 e. The number of aromatic nitrogens is 2. The summed E-state index contributed by atoms with van der Waals surface area (Å²) in [4.78, 5) is 44.0. The molecule has 1 saturated carbocycles. The molecule has 1 amide bonds. The van der Waals surface area contributed by atoms with Crippen LogP contribution >= 0.6 is 0 Å². The molecule has 0 aromatic carbocycles. The molecule has 10 heteroatoms. The van der Waals surface area contributed by atoms with Gasteiger partial charge in [0.05, 0.1) is 18.6 Å². The number of rotatable bonds is 6. The van der Waals surface area contributed by atoms with Crippen molar-refractivity contribution in [2.45, 2.75) is 88.9 Å². The van der Waals surface area contributed by atoms with Crippen LogP contribution in [0.2, 0.25) is 0 Å². The minimum Gasteiger partial charge on any atom is -0.466 e. The van der Waals surface area contributed by atoms with E-state index in [4.69, 9.17) is 14.5 Å². The normalized spacial score (nSPS) is 29.4. The van der Waals surface area contributed by atoms with Crippen molar-refractivity contribution in [1.29, 1.82) is 0 Å². The number of ether oxygens (including phenoxy) is 2. The molecule has 4 aliphatic heterocycles. The zero-order chi connectivity index (χ0) is 26.1. The van der Waals surface area contributed by atoms with Crippen LogP contribution in [0.5, 0.6) is 0 Å². The zero-order valence-electron chi connectivity index (χ0n) is 22.7. The third-order valence-corrected chi connectivity index (χ3v) is 9.38. The fourth-order valence-corrected chi connectivity index (χ4v) is 7.38. The second kappa shape index (κ2) is 11.2. The summed E-state index contributed by atoms with van der Waals surface area (Å²) in [6.45, 7) is 7.87. The van der Waals surface area contributed by atoms with E-state index < -0.39 is 0 Å². The maximum atomic E-state index is 13.2. The van der Waals surface area contributed by atoms with Crippen molar-refractivity contribution in [3.8, 4) is 0 Å². The molecule has 5 fully saturated rings. The molecule has 0 N–H and O–H groups in total. The number of hydrogen-bond donors (Lipinski definition) is 0. The van der Waals surface area contributed by atoms with Gasteiger partial charge in [0.25, 0.3) is 0 Å². The van der Waals surface area contributed by atoms with E-state index in [9.17, 15) is 9.59 Å². The summed E-state index contributed by atoms with van der Waals surface area (Å²) in [5.41, 5.74) is 0. The molecule has 5 aliphatic rings. The van der Waals surface area contributed by atoms with Crippen molar-refractivity contribution in [3.05, 3.63) is 12.3 Å². The fourth-order valence-electron chi connectivity index (χ4n) is 7.38. The maximum Gasteiger partial charge on any atom is 0.410 e. The van der Waals surface area contributed by atoms with Gasteiger partial charge in [0.1, 0.15) is 11.9 Å². The summed E-state index contributed by atoms with van der Waals surface area (Å²) >= 11 is 0. The topological polar surface area (TPSA) is 91.3 Å². The number of esters is 1. The second-order valence-electron chi connectivity index (χ2n) is 11.5. The van der Waals surface area contributed by atoms with Gasteiger partial charge in [-0.15, -0.1) is 0 Å². The van der Waals surface area contributed by atoms with Crippen LogP contribution in [0.25, 0.3) is 0 Å². The van der Waals surface area contributed by atoms with Crippen LogP contribution in [0.4, 0.5) is 16.6 Å². The van der Waals surface area contributed by atoms with Gasteiger partial charge in [-0.05, 0) is 83.9 Å². The number of piperidine rings is 2. The minimum atomic E-state index is -0.134. The number of fused-ring (bicyclic) bond motifs is 1. The number of nitrogens with zero attached hydrogens (tertiary/aromatic N) is 6. The summed E-state index contributed by atoms with van der Waals surface area (Å²) in [6, 6.07) is 2.62. The second-order valence-corrected chi connectivity index (χ2v) is 11.5. The largest absolute Gasteiger partial charge is 0.466 e. The van der Waals surface area contributed by atoms with Gasteiger partial charge < -0.3 is 19.3 Å². The molecule has 3 unspecified atom stereocenters. The van der Waals surface area contributed by atoms with Crippen LogP contribution in [0, 0.1) is 5.92 Å². The molecule has 6 rings (SSSR count). The molecule has 1 aliphatic carbocycles. The van der Waals surface area contributed by atoms with E-state index in [0.29, 0.717) is 6.61 Å². The standard InChI is InChI=1S/C28H42N6O4/c1-2-37-26(35)20-9-16-31(17-10-20)22-6-5-7-23-25(22)38-28(36)34(23)21-11-18-32(19-12-21)24-8-13-29-27(30-24)33-14-3-4-15-33/h8,13,20-23,25H,2-7,9-12,14-19H2,1H3. The first kappa shape index (κ1) is 25.6. The van der Waals surface area contributed by atoms with Gasteiger partial charge in [-0.1, -0.05) is 0 Å². The number of likely N-dealkylation sites (tertiary alicyclic amines) is 1. The van der Waals surface area contributed by atoms with Crippen LogP contribution in [-0.2, 0) is 14.3 Å². The molecule has 5 heterocycles. The van der Waals surface area contributed by atoms with E-state index in [1.165, 1.54) is 12.8 Å². The molecule has 1 aromatic heterocycles. The van der Waals surface area contributed by atoms with Gasteiger partial charge in [-0.2, -0.15) is 4.98 Å². The Morgan fingerprint density at radius 2 is 1.68 bits per heavy atom. The molecule has 208 valence electrons. The lowest BCUT2D eigenvalue weighted by Gasteiger charge is -2.44. The van der Waals surface area contributed by atoms with Gasteiger partial charge >= 0.3 is 12.1 Å². The molecule has 3 atom stereocenters. The number of hydrogen-bond acceptors (Lipinski definition) is 9. The van der Waals surface area contributed by atoms with E-state index >= 15 is 0 Å². The highest BCUT2D eigenvalue weighted by atomic mass is 16.6. The van der Waals surface area contributed by atoms with Crippen molar-refractivity contribution in [1.82, 2.24) is 19.8 Å². The zero-order valence-corrected chi connectivity index (χ0v) is 22.7. The number of amides is 1. The molecule has 4 saturated heterocycles. The molecule has 0 spiro atoms. The summed E-state index contributed by atoms with van der Waals surface area (Å²) in [7, 11) is 0. The molecule has 10 nitrogen and oxygen atoms in total. The summed E-state index contributed by atoms with van der Waals surface area (Å²) in [6.07, 6.45) is 10.8. The SMILES string of the molecule is CCOC(=O)C1CCN(C2CCCC3C2OC(=O)N3C2CCN(c3ccnc(N4CCCC4)n3)CC2)CC1.